The number of hydrogen-bond donors (Lipinski definition) is 0. The smallest absolute Gasteiger partial charge is 0.227 e. The summed E-state index contributed by atoms with van der Waals surface area (Å²) in [5.74, 6) is 0.804. The normalized spacial score (nSPS) is 16.3. The third-order valence-corrected chi connectivity index (χ3v) is 5.60. The number of amides is 1. The summed E-state index contributed by atoms with van der Waals surface area (Å²) in [5, 5.41) is 0. The van der Waals surface area contributed by atoms with E-state index < -0.39 is 0 Å². The number of benzene rings is 2. The summed E-state index contributed by atoms with van der Waals surface area (Å²) in [6, 6.07) is 20.1. The van der Waals surface area contributed by atoms with Crippen molar-refractivity contribution in [2.75, 3.05) is 20.2 Å². The molecule has 5 heteroatoms. The van der Waals surface area contributed by atoms with Crippen molar-refractivity contribution in [2.45, 2.75) is 25.2 Å². The predicted octanol–water partition coefficient (Wildman–Crippen LogP) is 4.85. The zero-order valence-corrected chi connectivity index (χ0v) is 17.1. The number of aromatic nitrogens is 1. The van der Waals surface area contributed by atoms with Gasteiger partial charge >= 0.3 is 0 Å². The SMILES string of the molecule is COc1cccc(-c2cccc([C@@H]3CCCN(C(=O)Cc4ccc(F)cc4)C3)n2)c1. The Kier molecular flexibility index (Phi) is 6.07. The van der Waals surface area contributed by atoms with Crippen molar-refractivity contribution in [3.8, 4) is 17.0 Å². The van der Waals surface area contributed by atoms with Crippen molar-refractivity contribution < 1.29 is 13.9 Å². The molecule has 1 fully saturated rings. The van der Waals surface area contributed by atoms with Crippen LogP contribution in [0, 0.1) is 5.82 Å². The number of carbonyl (C=O) groups excluding carboxylic acids is 1. The molecule has 3 aromatic rings. The van der Waals surface area contributed by atoms with Crippen molar-refractivity contribution in [1.82, 2.24) is 9.88 Å². The van der Waals surface area contributed by atoms with Crippen LogP contribution >= 0.6 is 0 Å². The van der Waals surface area contributed by atoms with Crippen LogP contribution in [0.25, 0.3) is 11.3 Å². The topological polar surface area (TPSA) is 42.4 Å². The fourth-order valence-corrected chi connectivity index (χ4v) is 3.96. The van der Waals surface area contributed by atoms with Crippen LogP contribution in [0.5, 0.6) is 5.75 Å². The molecule has 0 saturated carbocycles. The number of halogens is 1. The van der Waals surface area contributed by atoms with Crippen LogP contribution in [0.3, 0.4) is 0 Å². The molecule has 1 aromatic heterocycles. The summed E-state index contributed by atoms with van der Waals surface area (Å²) in [5.41, 5.74) is 3.76. The number of piperidine rings is 1. The molecule has 0 radical (unpaired) electrons. The van der Waals surface area contributed by atoms with Gasteiger partial charge in [0.05, 0.1) is 19.2 Å². The van der Waals surface area contributed by atoms with E-state index in [0.717, 1.165) is 47.7 Å². The summed E-state index contributed by atoms with van der Waals surface area (Å²) in [6.45, 7) is 1.42. The van der Waals surface area contributed by atoms with Crippen LogP contribution < -0.4 is 4.74 Å². The molecule has 0 spiro atoms. The Labute approximate surface area is 176 Å². The van der Waals surface area contributed by atoms with Crippen LogP contribution in [-0.4, -0.2) is 36.0 Å². The van der Waals surface area contributed by atoms with Gasteiger partial charge in [-0.05, 0) is 54.8 Å². The van der Waals surface area contributed by atoms with E-state index in [1.54, 1.807) is 19.2 Å². The molecule has 30 heavy (non-hydrogen) atoms. The van der Waals surface area contributed by atoms with Gasteiger partial charge in [-0.3, -0.25) is 9.78 Å². The minimum atomic E-state index is -0.286. The molecule has 1 atom stereocenters. The molecule has 4 nitrogen and oxygen atoms in total. The second kappa shape index (κ2) is 9.08. The Bertz CT molecular complexity index is 1020. The third-order valence-electron chi connectivity index (χ3n) is 5.60. The van der Waals surface area contributed by atoms with Gasteiger partial charge < -0.3 is 9.64 Å². The van der Waals surface area contributed by atoms with Crippen LogP contribution in [0.4, 0.5) is 4.39 Å². The Balaban J connectivity index is 1.47. The van der Waals surface area contributed by atoms with Gasteiger partial charge in [0, 0.05) is 30.3 Å². The van der Waals surface area contributed by atoms with Crippen molar-refractivity contribution in [2.24, 2.45) is 0 Å². The highest BCUT2D eigenvalue weighted by molar-refractivity contribution is 5.79. The zero-order chi connectivity index (χ0) is 20.9. The average Bonchev–Trinajstić information content (AvgIpc) is 2.81. The maximum atomic E-state index is 13.1. The molecule has 2 heterocycles. The van der Waals surface area contributed by atoms with Crippen LogP contribution in [-0.2, 0) is 11.2 Å². The van der Waals surface area contributed by atoms with Crippen molar-refractivity contribution in [3.63, 3.8) is 0 Å². The molecule has 1 aliphatic heterocycles. The number of rotatable bonds is 5. The fourth-order valence-electron chi connectivity index (χ4n) is 3.96. The molecule has 0 unspecified atom stereocenters. The van der Waals surface area contributed by atoms with E-state index >= 15 is 0 Å². The van der Waals surface area contributed by atoms with E-state index in [-0.39, 0.29) is 17.6 Å². The van der Waals surface area contributed by atoms with Crippen molar-refractivity contribution >= 4 is 5.91 Å². The van der Waals surface area contributed by atoms with Gasteiger partial charge in [0.1, 0.15) is 11.6 Å². The quantitative estimate of drug-likeness (QED) is 0.611. The second-order valence-electron chi connectivity index (χ2n) is 7.66. The highest BCUT2D eigenvalue weighted by atomic mass is 19.1. The van der Waals surface area contributed by atoms with Gasteiger partial charge in [-0.15, -0.1) is 0 Å². The van der Waals surface area contributed by atoms with E-state index in [4.69, 9.17) is 9.72 Å². The first-order valence-electron chi connectivity index (χ1n) is 10.3. The number of hydrogen-bond acceptors (Lipinski definition) is 3. The Morgan fingerprint density at radius 1 is 1.13 bits per heavy atom. The zero-order valence-electron chi connectivity index (χ0n) is 17.1. The largest absolute Gasteiger partial charge is 0.497 e. The molecule has 2 aromatic carbocycles. The highest BCUT2D eigenvalue weighted by Crippen LogP contribution is 2.29. The number of ether oxygens (including phenoxy) is 1. The molecule has 154 valence electrons. The Morgan fingerprint density at radius 3 is 2.73 bits per heavy atom. The summed E-state index contributed by atoms with van der Waals surface area (Å²) in [4.78, 5) is 19.6. The summed E-state index contributed by atoms with van der Waals surface area (Å²) < 4.78 is 18.4. The van der Waals surface area contributed by atoms with Gasteiger partial charge in [-0.2, -0.15) is 0 Å². The number of pyridine rings is 1. The lowest BCUT2D eigenvalue weighted by molar-refractivity contribution is -0.131. The van der Waals surface area contributed by atoms with E-state index in [0.29, 0.717) is 13.0 Å². The van der Waals surface area contributed by atoms with E-state index in [1.807, 2.05) is 47.4 Å². The molecule has 1 amide bonds. The Morgan fingerprint density at radius 2 is 1.93 bits per heavy atom. The molecule has 0 N–H and O–H groups in total. The molecular formula is C25H25FN2O2. The van der Waals surface area contributed by atoms with Crippen LogP contribution in [0.1, 0.15) is 30.0 Å². The maximum absolute atomic E-state index is 13.1. The second-order valence-corrected chi connectivity index (χ2v) is 7.66. The first kappa shape index (κ1) is 20.1. The van der Waals surface area contributed by atoms with Crippen molar-refractivity contribution in [3.05, 3.63) is 83.8 Å². The van der Waals surface area contributed by atoms with Gasteiger partial charge in [-0.25, -0.2) is 4.39 Å². The number of nitrogens with zero attached hydrogens (tertiary/aromatic N) is 2. The number of likely N-dealkylation sites (tertiary alicyclic amines) is 1. The minimum absolute atomic E-state index is 0.0789. The lowest BCUT2D eigenvalue weighted by Gasteiger charge is -2.32. The first-order chi connectivity index (χ1) is 14.6. The molecule has 1 saturated heterocycles. The van der Waals surface area contributed by atoms with Gasteiger partial charge in [0.2, 0.25) is 5.91 Å². The fraction of sp³-hybridized carbons (Fsp3) is 0.280. The van der Waals surface area contributed by atoms with Crippen LogP contribution in [0.15, 0.2) is 66.7 Å². The van der Waals surface area contributed by atoms with Gasteiger partial charge in [-0.1, -0.05) is 30.3 Å². The summed E-state index contributed by atoms with van der Waals surface area (Å²) in [7, 11) is 1.66. The van der Waals surface area contributed by atoms with Crippen molar-refractivity contribution in [1.29, 1.82) is 0 Å². The van der Waals surface area contributed by atoms with Gasteiger partial charge in [0.15, 0.2) is 0 Å². The minimum Gasteiger partial charge on any atom is -0.497 e. The molecular weight excluding hydrogens is 379 g/mol. The lowest BCUT2D eigenvalue weighted by Crippen LogP contribution is -2.40. The maximum Gasteiger partial charge on any atom is 0.227 e. The van der Waals surface area contributed by atoms with E-state index in [1.165, 1.54) is 12.1 Å². The first-order valence-corrected chi connectivity index (χ1v) is 10.3. The number of methoxy groups -OCH3 is 1. The molecule has 0 aliphatic carbocycles. The molecule has 4 rings (SSSR count). The molecule has 1 aliphatic rings. The average molecular weight is 404 g/mol. The monoisotopic (exact) mass is 404 g/mol. The lowest BCUT2D eigenvalue weighted by atomic mass is 9.93. The highest BCUT2D eigenvalue weighted by Gasteiger charge is 2.25. The third kappa shape index (κ3) is 4.67. The van der Waals surface area contributed by atoms with Crippen LogP contribution in [0.2, 0.25) is 0 Å². The summed E-state index contributed by atoms with van der Waals surface area (Å²) in [6.07, 6.45) is 2.25. The van der Waals surface area contributed by atoms with E-state index in [9.17, 15) is 9.18 Å². The van der Waals surface area contributed by atoms with E-state index in [2.05, 4.69) is 0 Å². The van der Waals surface area contributed by atoms with Gasteiger partial charge in [0.25, 0.3) is 0 Å². The standard InChI is InChI=1S/C25H25FN2O2/c1-30-22-7-2-5-19(16-22)23-8-3-9-24(27-23)20-6-4-14-28(17-20)25(29)15-18-10-12-21(26)13-11-18/h2-3,5,7-13,16,20H,4,6,14-15,17H2,1H3/t20-/m1/s1. The molecule has 0 bridgehead atoms. The summed E-state index contributed by atoms with van der Waals surface area (Å²) >= 11 is 0. The predicted molar refractivity (Wildman–Crippen MR) is 115 cm³/mol. The number of carbonyl (C=O) groups is 1. The Hall–Kier alpha value is -3.21.